The molecule has 0 saturated heterocycles. The first-order chi connectivity index (χ1) is 19.4. The molecule has 0 radical (unpaired) electrons. The van der Waals surface area contributed by atoms with Gasteiger partial charge in [-0.05, 0) is 60.8 Å². The predicted octanol–water partition coefficient (Wildman–Crippen LogP) is 5.46. The van der Waals surface area contributed by atoms with Gasteiger partial charge in [0.15, 0.2) is 10.7 Å². The fraction of sp³-hybridized carbons (Fsp3) is 0.414. The number of hydrogen-bond donors (Lipinski definition) is 1. The molecule has 2 aromatic heterocycles. The molecule has 0 spiro atoms. The summed E-state index contributed by atoms with van der Waals surface area (Å²) < 4.78 is 7.50. The number of nitrogens with one attached hydrogen (secondary N) is 1. The molecule has 40 heavy (non-hydrogen) atoms. The molecule has 212 valence electrons. The number of imidazole rings is 1. The van der Waals surface area contributed by atoms with Crippen molar-refractivity contribution >= 4 is 29.3 Å². The Bertz CT molecular complexity index is 1410. The Morgan fingerprint density at radius 2 is 1.88 bits per heavy atom. The summed E-state index contributed by atoms with van der Waals surface area (Å²) in [5, 5.41) is 14.9. The van der Waals surface area contributed by atoms with E-state index in [1.807, 2.05) is 49.5 Å². The maximum atomic E-state index is 13.5. The van der Waals surface area contributed by atoms with Crippen molar-refractivity contribution in [2.24, 2.45) is 0 Å². The van der Waals surface area contributed by atoms with Gasteiger partial charge in [0.2, 0.25) is 5.82 Å². The lowest BCUT2D eigenvalue weighted by Crippen LogP contribution is -2.51. The van der Waals surface area contributed by atoms with Crippen LogP contribution in [-0.2, 0) is 28.0 Å². The molecular weight excluding hydrogens is 546 g/mol. The van der Waals surface area contributed by atoms with Crippen LogP contribution in [0.25, 0.3) is 22.5 Å². The van der Waals surface area contributed by atoms with Gasteiger partial charge < -0.3 is 9.30 Å². The van der Waals surface area contributed by atoms with E-state index in [9.17, 15) is 4.79 Å². The smallest absolute Gasteiger partial charge is 0.332 e. The van der Waals surface area contributed by atoms with Crippen molar-refractivity contribution in [3.8, 4) is 22.5 Å². The number of esters is 1. The summed E-state index contributed by atoms with van der Waals surface area (Å²) >= 11 is 8.56. The van der Waals surface area contributed by atoms with Crippen molar-refractivity contribution in [2.45, 2.75) is 44.7 Å². The van der Waals surface area contributed by atoms with E-state index in [0.717, 1.165) is 53.1 Å². The first kappa shape index (κ1) is 29.8. The molecule has 2 aromatic carbocycles. The van der Waals surface area contributed by atoms with Gasteiger partial charge in [-0.25, -0.2) is 9.78 Å². The molecule has 4 rings (SSSR count). The molecule has 1 atom stereocenters. The summed E-state index contributed by atoms with van der Waals surface area (Å²) in [6, 6.07) is 16.4. The molecule has 0 bridgehead atoms. The summed E-state index contributed by atoms with van der Waals surface area (Å²) in [7, 11) is 5.22. The standard InChI is InChI=1S/C29H36ClN7O2S/c1-6-7-12-24-31-26(30)25(29(36(2)3,17-18-40-5)28(38)39-4)37(24)19-20-13-15-21(16-14-20)22-10-8-9-11-23(22)27-32-34-35-33-27/h8-11,13-16H,6-7,12,17-19H2,1-5H3,(H,32,33,34,35)/t29-/m1/s1. The first-order valence-electron chi connectivity index (χ1n) is 13.3. The van der Waals surface area contributed by atoms with E-state index in [1.54, 1.807) is 11.8 Å². The monoisotopic (exact) mass is 581 g/mol. The number of ether oxygens (including phenoxy) is 1. The second-order valence-corrected chi connectivity index (χ2v) is 11.2. The minimum atomic E-state index is -1.07. The van der Waals surface area contributed by atoms with Crippen LogP contribution >= 0.6 is 23.4 Å². The first-order valence-corrected chi connectivity index (χ1v) is 15.1. The third kappa shape index (κ3) is 5.94. The highest BCUT2D eigenvalue weighted by Crippen LogP contribution is 2.39. The van der Waals surface area contributed by atoms with E-state index in [1.165, 1.54) is 7.11 Å². The Morgan fingerprint density at radius 1 is 1.15 bits per heavy atom. The molecular formula is C29H36ClN7O2S. The van der Waals surface area contributed by atoms with Gasteiger partial charge in [0.05, 0.1) is 12.8 Å². The zero-order chi connectivity index (χ0) is 28.7. The Labute approximate surface area is 244 Å². The van der Waals surface area contributed by atoms with Gasteiger partial charge >= 0.3 is 5.97 Å². The molecule has 1 N–H and O–H groups in total. The maximum absolute atomic E-state index is 13.5. The number of benzene rings is 2. The topological polar surface area (TPSA) is 102 Å². The van der Waals surface area contributed by atoms with Crippen LogP contribution in [0.2, 0.25) is 5.15 Å². The number of aryl methyl sites for hydroxylation is 1. The lowest BCUT2D eigenvalue weighted by atomic mass is 9.90. The number of thioether (sulfide) groups is 1. The van der Waals surface area contributed by atoms with Gasteiger partial charge in [0.25, 0.3) is 0 Å². The number of hydrogen-bond acceptors (Lipinski definition) is 8. The highest BCUT2D eigenvalue weighted by molar-refractivity contribution is 7.98. The Kier molecular flexibility index (Phi) is 9.99. The summed E-state index contributed by atoms with van der Waals surface area (Å²) in [6.07, 6.45) is 5.33. The number of aromatic nitrogens is 6. The van der Waals surface area contributed by atoms with Crippen molar-refractivity contribution in [2.75, 3.05) is 33.2 Å². The van der Waals surface area contributed by atoms with Crippen molar-refractivity contribution in [3.63, 3.8) is 0 Å². The molecule has 0 unspecified atom stereocenters. The number of aromatic amines is 1. The number of nitrogens with zero attached hydrogens (tertiary/aromatic N) is 6. The normalized spacial score (nSPS) is 13.0. The van der Waals surface area contributed by atoms with Crippen LogP contribution in [0, 0.1) is 0 Å². The van der Waals surface area contributed by atoms with Gasteiger partial charge in [0.1, 0.15) is 5.82 Å². The number of H-pyrrole nitrogens is 1. The van der Waals surface area contributed by atoms with E-state index in [2.05, 4.69) is 56.4 Å². The third-order valence-corrected chi connectivity index (χ3v) is 8.10. The number of rotatable bonds is 13. The van der Waals surface area contributed by atoms with Crippen LogP contribution in [0.1, 0.15) is 43.3 Å². The number of halogens is 1. The molecule has 0 amide bonds. The number of carbonyl (C=O) groups excluding carboxylic acids is 1. The van der Waals surface area contributed by atoms with E-state index >= 15 is 0 Å². The lowest BCUT2D eigenvalue weighted by molar-refractivity contribution is -0.155. The number of methoxy groups -OCH3 is 1. The average Bonchev–Trinajstić information content (AvgIpc) is 3.61. The predicted molar refractivity (Wildman–Crippen MR) is 160 cm³/mol. The average molecular weight is 582 g/mol. The minimum absolute atomic E-state index is 0.343. The van der Waals surface area contributed by atoms with E-state index in [4.69, 9.17) is 21.3 Å². The Balaban J connectivity index is 1.78. The summed E-state index contributed by atoms with van der Waals surface area (Å²) in [5.41, 5.74) is 3.62. The molecule has 0 aliphatic heterocycles. The van der Waals surface area contributed by atoms with Gasteiger partial charge in [0, 0.05) is 18.5 Å². The van der Waals surface area contributed by atoms with Crippen LogP contribution < -0.4 is 0 Å². The number of likely N-dealkylation sites (N-methyl/N-ethyl adjacent to an activating group) is 1. The quantitative estimate of drug-likeness (QED) is 0.208. The highest BCUT2D eigenvalue weighted by Gasteiger charge is 2.48. The van der Waals surface area contributed by atoms with Crippen LogP contribution in [0.5, 0.6) is 0 Å². The second kappa shape index (κ2) is 13.4. The largest absolute Gasteiger partial charge is 0.467 e. The molecule has 0 aliphatic rings. The molecule has 0 aliphatic carbocycles. The van der Waals surface area contributed by atoms with Crippen LogP contribution in [0.15, 0.2) is 48.5 Å². The minimum Gasteiger partial charge on any atom is -0.467 e. The molecule has 0 fully saturated rings. The fourth-order valence-corrected chi connectivity index (χ4v) is 5.94. The van der Waals surface area contributed by atoms with Crippen molar-refractivity contribution in [3.05, 3.63) is 70.8 Å². The number of unbranched alkanes of at least 4 members (excludes halogenated alkanes) is 1. The van der Waals surface area contributed by atoms with E-state index < -0.39 is 5.54 Å². The summed E-state index contributed by atoms with van der Waals surface area (Å²) in [6.45, 7) is 2.67. The van der Waals surface area contributed by atoms with E-state index in [-0.39, 0.29) is 5.97 Å². The third-order valence-electron chi connectivity index (χ3n) is 7.22. The lowest BCUT2D eigenvalue weighted by Gasteiger charge is -2.38. The molecule has 4 aromatic rings. The molecule has 0 saturated carbocycles. The van der Waals surface area contributed by atoms with Crippen molar-refractivity contribution in [1.82, 2.24) is 35.1 Å². The van der Waals surface area contributed by atoms with Crippen molar-refractivity contribution < 1.29 is 9.53 Å². The molecule has 9 nitrogen and oxygen atoms in total. The van der Waals surface area contributed by atoms with Gasteiger partial charge in [-0.1, -0.05) is 73.5 Å². The van der Waals surface area contributed by atoms with Crippen LogP contribution in [0.3, 0.4) is 0 Å². The zero-order valence-corrected chi connectivity index (χ0v) is 25.2. The fourth-order valence-electron chi connectivity index (χ4n) is 5.09. The molecule has 11 heteroatoms. The SMILES string of the molecule is CCCCc1nc(Cl)c([C@](CCSC)(C(=O)OC)N(C)C)n1Cc1ccc(-c2ccccc2-c2nn[nH]n2)cc1. The maximum Gasteiger partial charge on any atom is 0.332 e. The van der Waals surface area contributed by atoms with Crippen molar-refractivity contribution in [1.29, 1.82) is 0 Å². The van der Waals surface area contributed by atoms with Crippen LogP contribution in [0.4, 0.5) is 0 Å². The van der Waals surface area contributed by atoms with E-state index in [0.29, 0.717) is 29.6 Å². The summed E-state index contributed by atoms with van der Waals surface area (Å²) in [4.78, 5) is 20.2. The number of tetrazole rings is 1. The second-order valence-electron chi connectivity index (χ2n) is 9.82. The summed E-state index contributed by atoms with van der Waals surface area (Å²) in [5.74, 6) is 1.83. The Hall–Kier alpha value is -3.21. The number of carbonyl (C=O) groups is 1. The molecule has 2 heterocycles. The van der Waals surface area contributed by atoms with Gasteiger partial charge in [-0.2, -0.15) is 17.0 Å². The van der Waals surface area contributed by atoms with Gasteiger partial charge in [-0.15, -0.1) is 10.2 Å². The van der Waals surface area contributed by atoms with Crippen LogP contribution in [-0.4, -0.2) is 74.3 Å². The van der Waals surface area contributed by atoms with Gasteiger partial charge in [-0.3, -0.25) is 4.90 Å². The zero-order valence-electron chi connectivity index (χ0n) is 23.6. The highest BCUT2D eigenvalue weighted by atomic mass is 35.5. The Morgan fingerprint density at radius 3 is 2.48 bits per heavy atom.